The molecule has 2 nitrogen and oxygen atoms in total. The summed E-state index contributed by atoms with van der Waals surface area (Å²) in [4.78, 5) is 0. The van der Waals surface area contributed by atoms with E-state index in [9.17, 15) is 0 Å². The van der Waals surface area contributed by atoms with Gasteiger partial charge in [-0.25, -0.2) is 0 Å². The van der Waals surface area contributed by atoms with Crippen molar-refractivity contribution in [3.63, 3.8) is 0 Å². The van der Waals surface area contributed by atoms with E-state index >= 15 is 0 Å². The molecule has 1 aliphatic heterocycles. The number of rotatable bonds is 3. The van der Waals surface area contributed by atoms with Crippen LogP contribution in [0.5, 0.6) is 5.75 Å². The van der Waals surface area contributed by atoms with Gasteiger partial charge < -0.3 is 10.1 Å². The molecule has 0 bridgehead atoms. The van der Waals surface area contributed by atoms with Gasteiger partial charge in [-0.3, -0.25) is 0 Å². The number of benzene rings is 2. The van der Waals surface area contributed by atoms with Gasteiger partial charge in [0.1, 0.15) is 5.75 Å². The lowest BCUT2D eigenvalue weighted by molar-refractivity contribution is 0.407. The van der Waals surface area contributed by atoms with E-state index in [0.717, 1.165) is 12.2 Å². The largest absolute Gasteiger partial charge is 0.496 e. The molecule has 2 aromatic carbocycles. The lowest BCUT2D eigenvalue weighted by atomic mass is 9.97. The summed E-state index contributed by atoms with van der Waals surface area (Å²) in [6.45, 7) is 6.61. The number of aryl methyl sites for hydroxylation is 1. The second-order valence-electron chi connectivity index (χ2n) is 6.22. The zero-order valence-electron chi connectivity index (χ0n) is 13.2. The van der Waals surface area contributed by atoms with Crippen molar-refractivity contribution in [3.05, 3.63) is 58.7 Å². The highest BCUT2D eigenvalue weighted by molar-refractivity contribution is 5.61. The summed E-state index contributed by atoms with van der Waals surface area (Å²) in [5.74, 6) is 1.54. The van der Waals surface area contributed by atoms with Crippen LogP contribution in [0.3, 0.4) is 0 Å². The third-order valence-electron chi connectivity index (χ3n) is 4.31. The van der Waals surface area contributed by atoms with Crippen molar-refractivity contribution < 1.29 is 4.74 Å². The van der Waals surface area contributed by atoms with E-state index in [1.54, 1.807) is 7.11 Å². The molecule has 3 rings (SSSR count). The third kappa shape index (κ3) is 2.63. The summed E-state index contributed by atoms with van der Waals surface area (Å²) in [5, 5.41) is 3.64. The molecule has 0 spiro atoms. The first kappa shape index (κ1) is 14.0. The number of hydrogen-bond acceptors (Lipinski definition) is 2. The van der Waals surface area contributed by atoms with Crippen LogP contribution < -0.4 is 10.1 Å². The van der Waals surface area contributed by atoms with E-state index in [2.05, 4.69) is 62.5 Å². The molecule has 2 heteroatoms. The Morgan fingerprint density at radius 2 is 1.95 bits per heavy atom. The van der Waals surface area contributed by atoms with Crippen LogP contribution >= 0.6 is 0 Å². The van der Waals surface area contributed by atoms with E-state index in [0.29, 0.717) is 12.0 Å². The number of methoxy groups -OCH3 is 1. The Balaban J connectivity index is 1.92. The molecule has 0 saturated carbocycles. The van der Waals surface area contributed by atoms with Crippen LogP contribution in [-0.2, 0) is 6.42 Å². The highest BCUT2D eigenvalue weighted by atomic mass is 16.5. The van der Waals surface area contributed by atoms with Gasteiger partial charge in [0.05, 0.1) is 13.2 Å². The van der Waals surface area contributed by atoms with Gasteiger partial charge >= 0.3 is 0 Å². The standard InChI is InChI=1S/C19H23NO/c1-12(2)14-6-7-17-15(10-14)11-18(20-17)16-9-13(3)5-8-19(16)21-4/h5-10,12,18,20H,11H2,1-4H3. The van der Waals surface area contributed by atoms with E-state index in [4.69, 9.17) is 4.74 Å². The summed E-state index contributed by atoms with van der Waals surface area (Å²) < 4.78 is 5.53. The fourth-order valence-electron chi connectivity index (χ4n) is 3.05. The Morgan fingerprint density at radius 1 is 1.14 bits per heavy atom. The summed E-state index contributed by atoms with van der Waals surface area (Å²) in [5.41, 5.74) is 6.60. The predicted molar refractivity (Wildman–Crippen MR) is 88.3 cm³/mol. The van der Waals surface area contributed by atoms with Crippen LogP contribution in [0.15, 0.2) is 36.4 Å². The first-order valence-electron chi connectivity index (χ1n) is 7.62. The number of nitrogens with one attached hydrogen (secondary N) is 1. The molecular weight excluding hydrogens is 258 g/mol. The lowest BCUT2D eigenvalue weighted by Gasteiger charge is -2.16. The molecule has 110 valence electrons. The lowest BCUT2D eigenvalue weighted by Crippen LogP contribution is -2.07. The van der Waals surface area contributed by atoms with Crippen LogP contribution in [0.25, 0.3) is 0 Å². The smallest absolute Gasteiger partial charge is 0.124 e. The topological polar surface area (TPSA) is 21.3 Å². The SMILES string of the molecule is COc1ccc(C)cc1C1Cc2cc(C(C)C)ccc2N1. The molecule has 1 aliphatic rings. The summed E-state index contributed by atoms with van der Waals surface area (Å²) in [7, 11) is 1.74. The van der Waals surface area contributed by atoms with Gasteiger partial charge in [-0.1, -0.05) is 43.7 Å². The molecule has 0 amide bonds. The molecule has 21 heavy (non-hydrogen) atoms. The average Bonchev–Trinajstić information content (AvgIpc) is 2.89. The quantitative estimate of drug-likeness (QED) is 0.869. The van der Waals surface area contributed by atoms with Crippen molar-refractivity contribution in [1.29, 1.82) is 0 Å². The van der Waals surface area contributed by atoms with Gasteiger partial charge in [0.25, 0.3) is 0 Å². The van der Waals surface area contributed by atoms with Crippen LogP contribution in [0.4, 0.5) is 5.69 Å². The molecule has 0 aliphatic carbocycles. The maximum Gasteiger partial charge on any atom is 0.124 e. The van der Waals surface area contributed by atoms with Gasteiger partial charge in [0, 0.05) is 11.3 Å². The van der Waals surface area contributed by atoms with Gasteiger partial charge in [-0.05, 0) is 42.5 Å². The minimum atomic E-state index is 0.303. The number of fused-ring (bicyclic) bond motifs is 1. The van der Waals surface area contributed by atoms with E-state index in [1.165, 1.54) is 27.9 Å². The molecule has 0 fully saturated rings. The van der Waals surface area contributed by atoms with Gasteiger partial charge in [0.15, 0.2) is 0 Å². The van der Waals surface area contributed by atoms with Gasteiger partial charge in [-0.2, -0.15) is 0 Å². The van der Waals surface area contributed by atoms with Crippen molar-refractivity contribution in [2.75, 3.05) is 12.4 Å². The maximum atomic E-state index is 5.53. The monoisotopic (exact) mass is 281 g/mol. The van der Waals surface area contributed by atoms with Crippen molar-refractivity contribution in [2.45, 2.75) is 39.2 Å². The number of hydrogen-bond donors (Lipinski definition) is 1. The normalized spacial score (nSPS) is 16.7. The minimum absolute atomic E-state index is 0.303. The van der Waals surface area contributed by atoms with Crippen molar-refractivity contribution >= 4 is 5.69 Å². The Kier molecular flexibility index (Phi) is 3.62. The van der Waals surface area contributed by atoms with Crippen LogP contribution in [0, 0.1) is 6.92 Å². The van der Waals surface area contributed by atoms with Crippen LogP contribution in [-0.4, -0.2) is 7.11 Å². The fourth-order valence-corrected chi connectivity index (χ4v) is 3.05. The number of anilines is 1. The van der Waals surface area contributed by atoms with E-state index in [-0.39, 0.29) is 0 Å². The van der Waals surface area contributed by atoms with Gasteiger partial charge in [0.2, 0.25) is 0 Å². The Labute approximate surface area is 127 Å². The Morgan fingerprint density at radius 3 is 2.67 bits per heavy atom. The van der Waals surface area contributed by atoms with E-state index < -0.39 is 0 Å². The molecule has 0 aromatic heterocycles. The molecule has 0 saturated heterocycles. The minimum Gasteiger partial charge on any atom is -0.496 e. The van der Waals surface area contributed by atoms with Crippen molar-refractivity contribution in [3.8, 4) is 5.75 Å². The third-order valence-corrected chi connectivity index (χ3v) is 4.31. The van der Waals surface area contributed by atoms with Crippen molar-refractivity contribution in [1.82, 2.24) is 0 Å². The molecule has 1 atom stereocenters. The van der Waals surface area contributed by atoms with E-state index in [1.807, 2.05) is 0 Å². The first-order valence-corrected chi connectivity index (χ1v) is 7.62. The zero-order chi connectivity index (χ0) is 15.0. The highest BCUT2D eigenvalue weighted by Crippen LogP contribution is 2.39. The van der Waals surface area contributed by atoms with Gasteiger partial charge in [-0.15, -0.1) is 0 Å². The molecule has 2 aromatic rings. The Hall–Kier alpha value is -1.96. The molecule has 1 unspecified atom stereocenters. The fraction of sp³-hybridized carbons (Fsp3) is 0.368. The highest BCUT2D eigenvalue weighted by Gasteiger charge is 2.25. The Bertz CT molecular complexity index is 661. The first-order chi connectivity index (χ1) is 10.1. The van der Waals surface area contributed by atoms with Crippen LogP contribution in [0.2, 0.25) is 0 Å². The zero-order valence-corrected chi connectivity index (χ0v) is 13.2. The maximum absolute atomic E-state index is 5.53. The average molecular weight is 281 g/mol. The summed E-state index contributed by atoms with van der Waals surface area (Å²) in [6, 6.07) is 13.5. The van der Waals surface area contributed by atoms with Crippen LogP contribution in [0.1, 0.15) is 48.1 Å². The molecule has 1 N–H and O–H groups in total. The molecule has 1 heterocycles. The number of ether oxygens (including phenoxy) is 1. The second kappa shape index (κ2) is 5.44. The second-order valence-corrected chi connectivity index (χ2v) is 6.22. The molecule has 0 radical (unpaired) electrons. The summed E-state index contributed by atoms with van der Waals surface area (Å²) in [6.07, 6.45) is 1.02. The molecular formula is C19H23NO. The summed E-state index contributed by atoms with van der Waals surface area (Å²) >= 11 is 0. The predicted octanol–water partition coefficient (Wildman–Crippen LogP) is 4.84. The van der Waals surface area contributed by atoms with Crippen molar-refractivity contribution in [2.24, 2.45) is 0 Å².